The van der Waals surface area contributed by atoms with Crippen molar-refractivity contribution in [3.8, 4) is 0 Å². The minimum absolute atomic E-state index is 0.0744. The average molecular weight is 294 g/mol. The van der Waals surface area contributed by atoms with Crippen LogP contribution in [0, 0.1) is 10.1 Å². The Labute approximate surface area is 122 Å². The summed E-state index contributed by atoms with van der Waals surface area (Å²) < 4.78 is 5.56. The lowest BCUT2D eigenvalue weighted by Gasteiger charge is -2.33. The van der Waals surface area contributed by atoms with E-state index in [4.69, 9.17) is 9.84 Å². The van der Waals surface area contributed by atoms with Crippen molar-refractivity contribution >= 4 is 17.3 Å². The van der Waals surface area contributed by atoms with E-state index in [1.807, 2.05) is 11.8 Å². The number of ether oxygens (including phenoxy) is 1. The first-order chi connectivity index (χ1) is 10.0. The van der Waals surface area contributed by atoms with Gasteiger partial charge in [0.2, 0.25) is 0 Å². The smallest absolute Gasteiger partial charge is 0.335 e. The Balaban J connectivity index is 2.20. The van der Waals surface area contributed by atoms with Crippen LogP contribution in [-0.4, -0.2) is 41.8 Å². The highest BCUT2D eigenvalue weighted by molar-refractivity contribution is 5.89. The van der Waals surface area contributed by atoms with Gasteiger partial charge in [0.05, 0.1) is 16.6 Å². The monoisotopic (exact) mass is 294 g/mol. The Morgan fingerprint density at radius 2 is 2.14 bits per heavy atom. The van der Waals surface area contributed by atoms with Crippen molar-refractivity contribution in [1.82, 2.24) is 0 Å². The van der Waals surface area contributed by atoms with Gasteiger partial charge in [0.25, 0.3) is 5.69 Å². The number of anilines is 1. The van der Waals surface area contributed by atoms with Crippen LogP contribution in [0.3, 0.4) is 0 Å². The quantitative estimate of drug-likeness (QED) is 0.661. The SMILES string of the molecule is CCOC1CCN(c2ccc(C(=O)O)cc2[N+](=O)[O-])CC1. The van der Waals surface area contributed by atoms with E-state index in [9.17, 15) is 14.9 Å². The molecule has 1 N–H and O–H groups in total. The van der Waals surface area contributed by atoms with E-state index in [1.165, 1.54) is 12.1 Å². The highest BCUT2D eigenvalue weighted by Gasteiger charge is 2.26. The largest absolute Gasteiger partial charge is 0.478 e. The van der Waals surface area contributed by atoms with Crippen molar-refractivity contribution in [2.45, 2.75) is 25.9 Å². The highest BCUT2D eigenvalue weighted by Crippen LogP contribution is 2.31. The Bertz CT molecular complexity index is 538. The van der Waals surface area contributed by atoms with Gasteiger partial charge in [-0.1, -0.05) is 0 Å². The van der Waals surface area contributed by atoms with Crippen molar-refractivity contribution < 1.29 is 19.6 Å². The number of nitro groups is 1. The zero-order chi connectivity index (χ0) is 15.4. The molecular formula is C14H18N2O5. The van der Waals surface area contributed by atoms with E-state index >= 15 is 0 Å². The van der Waals surface area contributed by atoms with Crippen LogP contribution in [0.5, 0.6) is 0 Å². The number of piperidine rings is 1. The van der Waals surface area contributed by atoms with E-state index in [-0.39, 0.29) is 17.4 Å². The first-order valence-corrected chi connectivity index (χ1v) is 6.91. The van der Waals surface area contributed by atoms with Crippen LogP contribution >= 0.6 is 0 Å². The van der Waals surface area contributed by atoms with E-state index in [2.05, 4.69) is 0 Å². The number of benzene rings is 1. The molecule has 1 aromatic rings. The Hall–Kier alpha value is -2.15. The number of carboxylic acids is 1. The molecule has 1 saturated heterocycles. The summed E-state index contributed by atoms with van der Waals surface area (Å²) in [6.45, 7) is 3.94. The molecule has 7 heteroatoms. The number of nitrogens with zero attached hydrogens (tertiary/aromatic N) is 2. The van der Waals surface area contributed by atoms with Crippen LogP contribution in [0.4, 0.5) is 11.4 Å². The lowest BCUT2D eigenvalue weighted by molar-refractivity contribution is -0.384. The molecule has 114 valence electrons. The molecule has 7 nitrogen and oxygen atoms in total. The van der Waals surface area contributed by atoms with Gasteiger partial charge in [0.1, 0.15) is 5.69 Å². The minimum atomic E-state index is -1.17. The fourth-order valence-electron chi connectivity index (χ4n) is 2.57. The Morgan fingerprint density at radius 1 is 1.48 bits per heavy atom. The number of hydrogen-bond acceptors (Lipinski definition) is 5. The molecule has 0 unspecified atom stereocenters. The molecule has 0 amide bonds. The third kappa shape index (κ3) is 3.49. The molecule has 1 fully saturated rings. The van der Waals surface area contributed by atoms with Gasteiger partial charge in [-0.3, -0.25) is 10.1 Å². The molecule has 21 heavy (non-hydrogen) atoms. The van der Waals surface area contributed by atoms with Crippen LogP contribution in [0.1, 0.15) is 30.1 Å². The van der Waals surface area contributed by atoms with Gasteiger partial charge in [0.15, 0.2) is 0 Å². The molecule has 0 aliphatic carbocycles. The predicted molar refractivity (Wildman–Crippen MR) is 76.9 cm³/mol. The highest BCUT2D eigenvalue weighted by atomic mass is 16.6. The minimum Gasteiger partial charge on any atom is -0.478 e. The molecule has 1 aliphatic rings. The summed E-state index contributed by atoms with van der Waals surface area (Å²) in [6.07, 6.45) is 1.82. The summed E-state index contributed by atoms with van der Waals surface area (Å²) >= 11 is 0. The molecular weight excluding hydrogens is 276 g/mol. The Kier molecular flexibility index (Phi) is 4.74. The summed E-state index contributed by atoms with van der Waals surface area (Å²) in [5.74, 6) is -1.17. The van der Waals surface area contributed by atoms with Crippen molar-refractivity contribution in [2.75, 3.05) is 24.6 Å². The average Bonchev–Trinajstić information content (AvgIpc) is 2.47. The second-order valence-corrected chi connectivity index (χ2v) is 4.91. The number of rotatable bonds is 5. The van der Waals surface area contributed by atoms with Crippen molar-refractivity contribution in [3.05, 3.63) is 33.9 Å². The summed E-state index contributed by atoms with van der Waals surface area (Å²) in [5, 5.41) is 20.1. The lowest BCUT2D eigenvalue weighted by atomic mass is 10.1. The first-order valence-electron chi connectivity index (χ1n) is 6.91. The molecule has 0 bridgehead atoms. The standard InChI is InChI=1S/C14H18N2O5/c1-2-21-11-5-7-15(8-6-11)12-4-3-10(14(17)18)9-13(12)16(19)20/h3-4,9,11H,2,5-8H2,1H3,(H,17,18). The molecule has 2 rings (SSSR count). The van der Waals surface area contributed by atoms with Gasteiger partial charge in [-0.2, -0.15) is 0 Å². The number of carbonyl (C=O) groups is 1. The predicted octanol–water partition coefficient (Wildman–Crippen LogP) is 2.30. The number of nitro benzene ring substituents is 1. The summed E-state index contributed by atoms with van der Waals surface area (Å²) in [5.41, 5.74) is 0.236. The molecule has 1 heterocycles. The molecule has 0 aromatic heterocycles. The van der Waals surface area contributed by atoms with Gasteiger partial charge < -0.3 is 14.7 Å². The molecule has 0 radical (unpaired) electrons. The third-order valence-corrected chi connectivity index (χ3v) is 3.60. The van der Waals surface area contributed by atoms with Crippen LogP contribution < -0.4 is 4.90 Å². The molecule has 0 atom stereocenters. The summed E-state index contributed by atoms with van der Waals surface area (Å²) in [4.78, 5) is 23.5. The zero-order valence-corrected chi connectivity index (χ0v) is 11.8. The van der Waals surface area contributed by atoms with Crippen LogP contribution in [0.25, 0.3) is 0 Å². The Morgan fingerprint density at radius 3 is 2.67 bits per heavy atom. The molecule has 0 spiro atoms. The van der Waals surface area contributed by atoms with E-state index in [0.29, 0.717) is 25.4 Å². The second-order valence-electron chi connectivity index (χ2n) is 4.91. The second kappa shape index (κ2) is 6.53. The van der Waals surface area contributed by atoms with Gasteiger partial charge in [0, 0.05) is 25.8 Å². The number of hydrogen-bond donors (Lipinski definition) is 1. The normalized spacial score (nSPS) is 16.0. The fourth-order valence-corrected chi connectivity index (χ4v) is 2.57. The fraction of sp³-hybridized carbons (Fsp3) is 0.500. The maximum atomic E-state index is 11.2. The number of carboxylic acid groups (broad SMARTS) is 1. The molecule has 0 saturated carbocycles. The van der Waals surface area contributed by atoms with Crippen LogP contribution in [-0.2, 0) is 4.74 Å². The van der Waals surface area contributed by atoms with Crippen LogP contribution in [0.15, 0.2) is 18.2 Å². The van der Waals surface area contributed by atoms with E-state index in [0.717, 1.165) is 18.9 Å². The van der Waals surface area contributed by atoms with Gasteiger partial charge in [-0.15, -0.1) is 0 Å². The third-order valence-electron chi connectivity index (χ3n) is 3.60. The number of aromatic carboxylic acids is 1. The lowest BCUT2D eigenvalue weighted by Crippen LogP contribution is -2.37. The maximum Gasteiger partial charge on any atom is 0.335 e. The molecule has 1 aromatic carbocycles. The van der Waals surface area contributed by atoms with Gasteiger partial charge in [-0.25, -0.2) is 4.79 Å². The van der Waals surface area contributed by atoms with E-state index < -0.39 is 10.9 Å². The zero-order valence-electron chi connectivity index (χ0n) is 11.8. The van der Waals surface area contributed by atoms with Gasteiger partial charge in [-0.05, 0) is 31.9 Å². The summed E-state index contributed by atoms with van der Waals surface area (Å²) in [7, 11) is 0. The first kappa shape index (κ1) is 15.2. The van der Waals surface area contributed by atoms with Crippen molar-refractivity contribution in [1.29, 1.82) is 0 Å². The van der Waals surface area contributed by atoms with Crippen molar-refractivity contribution in [3.63, 3.8) is 0 Å². The van der Waals surface area contributed by atoms with Crippen molar-refractivity contribution in [2.24, 2.45) is 0 Å². The maximum absolute atomic E-state index is 11.2. The topological polar surface area (TPSA) is 92.9 Å². The molecule has 1 aliphatic heterocycles. The van der Waals surface area contributed by atoms with E-state index in [1.54, 1.807) is 0 Å². The van der Waals surface area contributed by atoms with Gasteiger partial charge >= 0.3 is 5.97 Å². The summed E-state index contributed by atoms with van der Waals surface area (Å²) in [6, 6.07) is 4.04. The van der Waals surface area contributed by atoms with Crippen LogP contribution in [0.2, 0.25) is 0 Å².